The summed E-state index contributed by atoms with van der Waals surface area (Å²) in [5.41, 5.74) is 2.40. The molecular formula is C22H30NOP. The molecule has 0 radical (unpaired) electrons. The third kappa shape index (κ3) is 4.63. The van der Waals surface area contributed by atoms with Crippen molar-refractivity contribution in [2.75, 3.05) is 13.1 Å². The highest BCUT2D eigenvalue weighted by Gasteiger charge is 2.20. The van der Waals surface area contributed by atoms with E-state index >= 15 is 0 Å². The SMILES string of the molecule is CC(C)(C)c1cccc(Pc2ccccc2CN2CCCCC2)c1O. The molecule has 25 heavy (non-hydrogen) atoms. The van der Waals surface area contributed by atoms with E-state index in [4.69, 9.17) is 0 Å². The van der Waals surface area contributed by atoms with Gasteiger partial charge in [-0.3, -0.25) is 4.90 Å². The summed E-state index contributed by atoms with van der Waals surface area (Å²) in [4.78, 5) is 2.57. The van der Waals surface area contributed by atoms with E-state index in [1.54, 1.807) is 0 Å². The molecule has 1 heterocycles. The summed E-state index contributed by atoms with van der Waals surface area (Å²) >= 11 is 0. The summed E-state index contributed by atoms with van der Waals surface area (Å²) in [6.07, 6.45) is 4.01. The highest BCUT2D eigenvalue weighted by Crippen LogP contribution is 2.32. The normalized spacial score (nSPS) is 16.6. The number of benzene rings is 2. The van der Waals surface area contributed by atoms with Crippen molar-refractivity contribution in [3.05, 3.63) is 53.6 Å². The van der Waals surface area contributed by atoms with Crippen LogP contribution in [0.3, 0.4) is 0 Å². The average Bonchev–Trinajstić information content (AvgIpc) is 2.58. The Morgan fingerprint density at radius 3 is 2.32 bits per heavy atom. The van der Waals surface area contributed by atoms with Crippen molar-refractivity contribution in [1.82, 2.24) is 4.90 Å². The van der Waals surface area contributed by atoms with E-state index in [0.29, 0.717) is 14.3 Å². The highest BCUT2D eigenvalue weighted by molar-refractivity contribution is 7.55. The van der Waals surface area contributed by atoms with E-state index < -0.39 is 0 Å². The van der Waals surface area contributed by atoms with Crippen molar-refractivity contribution in [2.24, 2.45) is 0 Å². The molecule has 2 nitrogen and oxygen atoms in total. The predicted molar refractivity (Wildman–Crippen MR) is 110 cm³/mol. The molecule has 0 aliphatic carbocycles. The predicted octanol–water partition coefficient (Wildman–Crippen LogP) is 4.30. The lowest BCUT2D eigenvalue weighted by Crippen LogP contribution is -2.30. The standard InChI is InChI=1S/C22H30NOP/c1-22(2,3)18-11-9-13-20(21(18)24)25-19-12-6-5-10-17(19)16-23-14-7-4-8-15-23/h5-6,9-13,24-25H,4,7-8,14-16H2,1-3H3. The van der Waals surface area contributed by atoms with Gasteiger partial charge in [-0.25, -0.2) is 0 Å². The Hall–Kier alpha value is -1.37. The van der Waals surface area contributed by atoms with Crippen LogP contribution in [0.4, 0.5) is 0 Å². The van der Waals surface area contributed by atoms with Crippen LogP contribution in [-0.4, -0.2) is 23.1 Å². The molecule has 1 atom stereocenters. The van der Waals surface area contributed by atoms with E-state index in [0.717, 1.165) is 17.4 Å². The van der Waals surface area contributed by atoms with Crippen LogP contribution in [0, 0.1) is 0 Å². The van der Waals surface area contributed by atoms with Gasteiger partial charge < -0.3 is 5.11 Å². The van der Waals surface area contributed by atoms with Crippen LogP contribution in [0.1, 0.15) is 51.2 Å². The topological polar surface area (TPSA) is 23.5 Å². The van der Waals surface area contributed by atoms with Gasteiger partial charge in [0.15, 0.2) is 0 Å². The van der Waals surface area contributed by atoms with Crippen LogP contribution >= 0.6 is 8.58 Å². The quantitative estimate of drug-likeness (QED) is 0.827. The second kappa shape index (κ2) is 7.89. The van der Waals surface area contributed by atoms with Crippen LogP contribution in [0.15, 0.2) is 42.5 Å². The van der Waals surface area contributed by atoms with Gasteiger partial charge in [0.25, 0.3) is 0 Å². The van der Waals surface area contributed by atoms with Gasteiger partial charge in [0.05, 0.1) is 0 Å². The van der Waals surface area contributed by atoms with Crippen molar-refractivity contribution < 1.29 is 5.11 Å². The third-order valence-electron chi connectivity index (χ3n) is 4.97. The van der Waals surface area contributed by atoms with E-state index in [1.807, 2.05) is 6.07 Å². The Labute approximate surface area is 154 Å². The van der Waals surface area contributed by atoms with Crippen LogP contribution < -0.4 is 10.6 Å². The minimum Gasteiger partial charge on any atom is -0.507 e. The summed E-state index contributed by atoms with van der Waals surface area (Å²) in [6.45, 7) is 9.91. The van der Waals surface area contributed by atoms with Gasteiger partial charge in [-0.2, -0.15) is 0 Å². The Kier molecular flexibility index (Phi) is 5.81. The summed E-state index contributed by atoms with van der Waals surface area (Å²) in [7, 11) is 0.494. The maximum Gasteiger partial charge on any atom is 0.127 e. The Bertz CT molecular complexity index is 714. The lowest BCUT2D eigenvalue weighted by molar-refractivity contribution is 0.221. The molecular weight excluding hydrogens is 325 g/mol. The zero-order chi connectivity index (χ0) is 17.9. The molecule has 0 saturated carbocycles. The zero-order valence-corrected chi connectivity index (χ0v) is 16.7. The van der Waals surface area contributed by atoms with Gasteiger partial charge in [-0.1, -0.05) is 78.2 Å². The van der Waals surface area contributed by atoms with Gasteiger partial charge in [0.2, 0.25) is 0 Å². The lowest BCUT2D eigenvalue weighted by atomic mass is 9.86. The second-order valence-electron chi connectivity index (χ2n) is 8.07. The first-order valence-electron chi connectivity index (χ1n) is 9.35. The molecule has 0 aromatic heterocycles. The molecule has 1 aliphatic rings. The molecule has 3 heteroatoms. The van der Waals surface area contributed by atoms with Crippen LogP contribution in [0.5, 0.6) is 5.75 Å². The molecule has 0 amide bonds. The lowest BCUT2D eigenvalue weighted by Gasteiger charge is -2.27. The van der Waals surface area contributed by atoms with Crippen LogP contribution in [0.25, 0.3) is 0 Å². The van der Waals surface area contributed by atoms with E-state index in [2.05, 4.69) is 62.1 Å². The maximum atomic E-state index is 10.8. The highest BCUT2D eigenvalue weighted by atomic mass is 31.1. The summed E-state index contributed by atoms with van der Waals surface area (Å²) < 4.78 is 0. The number of para-hydroxylation sites is 1. The van der Waals surface area contributed by atoms with Gasteiger partial charge >= 0.3 is 0 Å². The minimum atomic E-state index is -0.0438. The number of hydrogen-bond donors (Lipinski definition) is 1. The van der Waals surface area contributed by atoms with Gasteiger partial charge in [-0.15, -0.1) is 0 Å². The van der Waals surface area contributed by atoms with Gasteiger partial charge in [0.1, 0.15) is 5.75 Å². The van der Waals surface area contributed by atoms with Crippen molar-refractivity contribution in [1.29, 1.82) is 0 Å². The van der Waals surface area contributed by atoms with Gasteiger partial charge in [0, 0.05) is 11.8 Å². The molecule has 3 rings (SSSR count). The van der Waals surface area contributed by atoms with Crippen molar-refractivity contribution in [3.8, 4) is 5.75 Å². The Morgan fingerprint density at radius 1 is 0.920 bits per heavy atom. The first-order chi connectivity index (χ1) is 11.9. The smallest absolute Gasteiger partial charge is 0.127 e. The van der Waals surface area contributed by atoms with Crippen molar-refractivity contribution >= 4 is 19.2 Å². The number of phenolic OH excluding ortho intramolecular Hbond substituents is 1. The average molecular weight is 355 g/mol. The number of phenols is 1. The van der Waals surface area contributed by atoms with Crippen LogP contribution in [-0.2, 0) is 12.0 Å². The minimum absolute atomic E-state index is 0.0438. The number of aromatic hydroxyl groups is 1. The molecule has 1 N–H and O–H groups in total. The summed E-state index contributed by atoms with van der Waals surface area (Å²) in [5, 5.41) is 13.2. The first kappa shape index (κ1) is 18.4. The fraction of sp³-hybridized carbons (Fsp3) is 0.455. The molecule has 0 bridgehead atoms. The van der Waals surface area contributed by atoms with Crippen molar-refractivity contribution in [2.45, 2.75) is 52.0 Å². The van der Waals surface area contributed by atoms with Crippen molar-refractivity contribution in [3.63, 3.8) is 0 Å². The van der Waals surface area contributed by atoms with E-state index in [9.17, 15) is 5.11 Å². The number of nitrogens with zero attached hydrogens (tertiary/aromatic N) is 1. The molecule has 0 spiro atoms. The zero-order valence-electron chi connectivity index (χ0n) is 15.7. The number of hydrogen-bond acceptors (Lipinski definition) is 2. The maximum absolute atomic E-state index is 10.8. The Morgan fingerprint density at radius 2 is 1.60 bits per heavy atom. The number of likely N-dealkylation sites (tertiary alicyclic amines) is 1. The van der Waals surface area contributed by atoms with E-state index in [-0.39, 0.29) is 5.41 Å². The molecule has 2 aromatic carbocycles. The molecule has 2 aromatic rings. The monoisotopic (exact) mass is 355 g/mol. The fourth-order valence-electron chi connectivity index (χ4n) is 3.53. The van der Waals surface area contributed by atoms with Gasteiger partial charge in [-0.05, 0) is 47.8 Å². The third-order valence-corrected chi connectivity index (χ3v) is 6.40. The van der Waals surface area contributed by atoms with E-state index in [1.165, 1.54) is 43.2 Å². The first-order valence-corrected chi connectivity index (χ1v) is 10.3. The fourth-order valence-corrected chi connectivity index (χ4v) is 4.76. The summed E-state index contributed by atoms with van der Waals surface area (Å²) in [6, 6.07) is 14.9. The Balaban J connectivity index is 1.84. The molecule has 1 aliphatic heterocycles. The largest absolute Gasteiger partial charge is 0.507 e. The molecule has 1 saturated heterocycles. The molecule has 1 fully saturated rings. The van der Waals surface area contributed by atoms with Crippen LogP contribution in [0.2, 0.25) is 0 Å². The second-order valence-corrected chi connectivity index (χ2v) is 9.40. The molecule has 1 unspecified atom stereocenters. The summed E-state index contributed by atoms with van der Waals surface area (Å²) in [5.74, 6) is 0.473. The number of rotatable bonds is 4. The number of piperidine rings is 1. The molecule has 134 valence electrons.